The number of rotatable bonds is 3. The van der Waals surface area contributed by atoms with Crippen molar-refractivity contribution >= 4 is 33.7 Å². The van der Waals surface area contributed by atoms with Crippen LogP contribution < -0.4 is 20.4 Å². The van der Waals surface area contributed by atoms with E-state index in [9.17, 15) is 0 Å². The highest BCUT2D eigenvalue weighted by atomic mass is 15.4. The number of aromatic nitrogens is 6. The molecule has 4 aromatic heterocycles. The normalized spacial score (nSPS) is 21.5. The van der Waals surface area contributed by atoms with E-state index in [1.165, 1.54) is 80.9 Å². The summed E-state index contributed by atoms with van der Waals surface area (Å²) in [5, 5.41) is 19.8. The van der Waals surface area contributed by atoms with Gasteiger partial charge in [0.25, 0.3) is 0 Å². The van der Waals surface area contributed by atoms with E-state index in [1.807, 2.05) is 18.5 Å². The van der Waals surface area contributed by atoms with E-state index in [-0.39, 0.29) is 5.92 Å². The quantitative estimate of drug-likeness (QED) is 0.296. The van der Waals surface area contributed by atoms with E-state index < -0.39 is 0 Å². The van der Waals surface area contributed by atoms with Crippen LogP contribution in [0.4, 0.5) is 11.6 Å². The lowest BCUT2D eigenvalue weighted by Crippen LogP contribution is -2.30. The Morgan fingerprint density at radius 3 is 2.29 bits per heavy atom. The predicted octanol–water partition coefficient (Wildman–Crippen LogP) is 4.40. The number of nitrogens with one attached hydrogen (secondary N) is 2. The zero-order valence-corrected chi connectivity index (χ0v) is 27.3. The molecule has 2 N–H and O–H groups in total. The van der Waals surface area contributed by atoms with Crippen molar-refractivity contribution < 1.29 is 0 Å². The van der Waals surface area contributed by atoms with Gasteiger partial charge < -0.3 is 20.4 Å². The van der Waals surface area contributed by atoms with Gasteiger partial charge in [0.05, 0.1) is 23.8 Å². The van der Waals surface area contributed by atoms with Crippen LogP contribution in [0.2, 0.25) is 0 Å². The van der Waals surface area contributed by atoms with Crippen molar-refractivity contribution in [1.29, 1.82) is 0 Å². The predicted molar refractivity (Wildman–Crippen MR) is 187 cm³/mol. The molecule has 1 unspecified atom stereocenters. The van der Waals surface area contributed by atoms with Crippen molar-refractivity contribution in [3.05, 3.63) is 94.1 Å². The molecule has 1 saturated heterocycles. The fourth-order valence-corrected chi connectivity index (χ4v) is 9.45. The second-order valence-corrected chi connectivity index (χ2v) is 14.8. The second-order valence-electron chi connectivity index (χ2n) is 14.8. The van der Waals surface area contributed by atoms with Crippen molar-refractivity contribution in [2.45, 2.75) is 57.5 Å². The van der Waals surface area contributed by atoms with E-state index in [2.05, 4.69) is 65.9 Å². The molecule has 10 nitrogen and oxygen atoms in total. The number of nitrogens with zero attached hydrogens (tertiary/aromatic N) is 8. The van der Waals surface area contributed by atoms with Gasteiger partial charge in [0.1, 0.15) is 11.6 Å². The van der Waals surface area contributed by atoms with Crippen LogP contribution in [-0.2, 0) is 32.4 Å². The summed E-state index contributed by atoms with van der Waals surface area (Å²) < 4.78 is 4.20. The molecule has 8 heterocycles. The lowest BCUT2D eigenvalue weighted by Gasteiger charge is -2.34. The Kier molecular flexibility index (Phi) is 5.84. The molecule has 4 aliphatic heterocycles. The molecule has 0 radical (unpaired) electrons. The third-order valence-electron chi connectivity index (χ3n) is 12.0. The van der Waals surface area contributed by atoms with Gasteiger partial charge in [-0.15, -0.1) is 0 Å². The van der Waals surface area contributed by atoms with E-state index in [0.717, 1.165) is 82.9 Å². The van der Waals surface area contributed by atoms with Crippen LogP contribution in [0.5, 0.6) is 0 Å². The summed E-state index contributed by atoms with van der Waals surface area (Å²) in [6, 6.07) is 15.9. The molecule has 1 saturated carbocycles. The van der Waals surface area contributed by atoms with Gasteiger partial charge in [-0.25, -0.2) is 9.97 Å². The molecule has 0 amide bonds. The Morgan fingerprint density at radius 1 is 0.708 bits per heavy atom. The first-order valence-corrected chi connectivity index (χ1v) is 17.9. The van der Waals surface area contributed by atoms with Crippen molar-refractivity contribution in [3.63, 3.8) is 0 Å². The molecule has 6 aromatic rings. The Balaban J connectivity index is 1.03. The zero-order chi connectivity index (χ0) is 31.4. The fraction of sp³-hybridized carbons (Fsp3) is 0.421. The minimum absolute atomic E-state index is 0.160. The van der Waals surface area contributed by atoms with E-state index >= 15 is 0 Å². The Morgan fingerprint density at radius 2 is 1.46 bits per heavy atom. The van der Waals surface area contributed by atoms with Crippen molar-refractivity contribution in [2.24, 2.45) is 5.41 Å². The molecule has 1 atom stereocenters. The van der Waals surface area contributed by atoms with Crippen LogP contribution in [0.15, 0.2) is 54.9 Å². The number of benzene rings is 2. The molecule has 0 bridgehead atoms. The van der Waals surface area contributed by atoms with E-state index in [0.29, 0.717) is 5.41 Å². The zero-order valence-electron chi connectivity index (χ0n) is 27.3. The number of hydrogen-bond acceptors (Lipinski definition) is 8. The summed E-state index contributed by atoms with van der Waals surface area (Å²) in [6.45, 7) is 7.73. The van der Waals surface area contributed by atoms with Crippen molar-refractivity contribution in [1.82, 2.24) is 39.8 Å². The minimum atomic E-state index is 0.160. The van der Waals surface area contributed by atoms with Gasteiger partial charge in [0.15, 0.2) is 11.3 Å². The van der Waals surface area contributed by atoms with Crippen molar-refractivity contribution in [2.75, 3.05) is 49.1 Å². The maximum Gasteiger partial charge on any atom is 0.157 e. The highest BCUT2D eigenvalue weighted by Gasteiger charge is 2.48. The molecule has 1 aliphatic carbocycles. The SMILES string of the molecule is c1cc2c3c(ccc(C4CNCCc5c4nc4ccnn4c5N4CCC5(CC5)C4)c3c1)CN(c1c3c(nc4ccnn14)CCNCC3)C2. The number of fused-ring (bicyclic) bond motifs is 4. The molecular formula is C38H40N10. The summed E-state index contributed by atoms with van der Waals surface area (Å²) >= 11 is 0. The molecule has 5 aliphatic rings. The van der Waals surface area contributed by atoms with Gasteiger partial charge in [-0.3, -0.25) is 0 Å². The van der Waals surface area contributed by atoms with Gasteiger partial charge in [0.2, 0.25) is 0 Å². The third kappa shape index (κ3) is 4.05. The first-order valence-electron chi connectivity index (χ1n) is 17.9. The van der Waals surface area contributed by atoms with E-state index in [4.69, 9.17) is 20.2 Å². The van der Waals surface area contributed by atoms with Gasteiger partial charge >= 0.3 is 0 Å². The minimum Gasteiger partial charge on any atom is -0.356 e. The molecule has 10 heteroatoms. The monoisotopic (exact) mass is 636 g/mol. The average Bonchev–Trinajstić information content (AvgIpc) is 3.36. The van der Waals surface area contributed by atoms with E-state index in [1.54, 1.807) is 0 Å². The van der Waals surface area contributed by atoms with Crippen LogP contribution in [0.3, 0.4) is 0 Å². The second kappa shape index (κ2) is 10.2. The molecule has 2 fully saturated rings. The molecule has 11 rings (SSSR count). The van der Waals surface area contributed by atoms with Crippen LogP contribution in [-0.4, -0.2) is 68.5 Å². The summed E-state index contributed by atoms with van der Waals surface area (Å²) in [4.78, 5) is 15.6. The first-order chi connectivity index (χ1) is 23.7. The summed E-state index contributed by atoms with van der Waals surface area (Å²) in [7, 11) is 0. The summed E-state index contributed by atoms with van der Waals surface area (Å²) in [5.74, 6) is 2.65. The summed E-state index contributed by atoms with van der Waals surface area (Å²) in [5.41, 5.74) is 11.7. The largest absolute Gasteiger partial charge is 0.356 e. The number of hydrogen-bond donors (Lipinski definition) is 2. The van der Waals surface area contributed by atoms with Gasteiger partial charge in [-0.1, -0.05) is 30.3 Å². The smallest absolute Gasteiger partial charge is 0.157 e. The molecule has 242 valence electrons. The fourth-order valence-electron chi connectivity index (χ4n) is 9.45. The first kappa shape index (κ1) is 27.4. The maximum absolute atomic E-state index is 5.39. The topological polar surface area (TPSA) is 90.9 Å². The van der Waals surface area contributed by atoms with Crippen LogP contribution in [0, 0.1) is 5.41 Å². The lowest BCUT2D eigenvalue weighted by atomic mass is 9.85. The number of anilines is 2. The Hall–Kier alpha value is -4.54. The maximum atomic E-state index is 5.39. The highest BCUT2D eigenvalue weighted by molar-refractivity contribution is 5.94. The van der Waals surface area contributed by atoms with Crippen LogP contribution >= 0.6 is 0 Å². The highest BCUT2D eigenvalue weighted by Crippen LogP contribution is 2.54. The lowest BCUT2D eigenvalue weighted by molar-refractivity contribution is 0.579. The summed E-state index contributed by atoms with van der Waals surface area (Å²) in [6.07, 6.45) is 10.7. The molecule has 1 spiro atoms. The third-order valence-corrected chi connectivity index (χ3v) is 12.0. The molecule has 2 aromatic carbocycles. The van der Waals surface area contributed by atoms with Gasteiger partial charge in [-0.05, 0) is 78.1 Å². The standard InChI is InChI=1S/C38H40N10/c1-2-24-21-46(36-28-6-14-39-16-8-31(28)43-32-9-17-41-47(32)36)22-25-4-5-26(27(3-1)34(24)25)30-20-40-15-7-29-35(30)44-33-10-18-42-48(33)37(29)45-19-13-38(23-45)11-12-38/h1-5,9-10,17-18,30,39-40H,6-8,11-16,19-23H2. The van der Waals surface area contributed by atoms with Crippen molar-refractivity contribution in [3.8, 4) is 0 Å². The average molecular weight is 637 g/mol. The van der Waals surface area contributed by atoms with Crippen LogP contribution in [0.1, 0.15) is 64.4 Å². The van der Waals surface area contributed by atoms with Crippen LogP contribution in [0.25, 0.3) is 22.1 Å². The Bertz CT molecular complexity index is 2250. The van der Waals surface area contributed by atoms with Gasteiger partial charge in [-0.2, -0.15) is 19.2 Å². The Labute approximate surface area is 279 Å². The van der Waals surface area contributed by atoms with Gasteiger partial charge in [0, 0.05) is 74.9 Å². The molecule has 48 heavy (non-hydrogen) atoms. The molecular weight excluding hydrogens is 596 g/mol.